The summed E-state index contributed by atoms with van der Waals surface area (Å²) in [6.07, 6.45) is 3.15. The van der Waals surface area contributed by atoms with Gasteiger partial charge in [0.1, 0.15) is 4.90 Å². The molecule has 0 aliphatic carbocycles. The number of piperidine rings is 1. The van der Waals surface area contributed by atoms with Gasteiger partial charge in [-0.2, -0.15) is 9.40 Å². The average Bonchev–Trinajstić information content (AvgIpc) is 3.09. The molecule has 0 spiro atoms. The fraction of sp³-hybridized carbons (Fsp3) is 0.750. The lowest BCUT2D eigenvalue weighted by molar-refractivity contribution is -0.121. The van der Waals surface area contributed by atoms with Crippen LogP contribution >= 0.6 is 0 Å². The molecule has 3 rings (SSSR count). The SMILES string of the molecule is CCCn1cc(S(=O)(=O)N2CC[C@@]3(NC(C)=O)CNC[C@H]3C2)c(C)n1. The van der Waals surface area contributed by atoms with E-state index in [0.29, 0.717) is 49.7 Å². The summed E-state index contributed by atoms with van der Waals surface area (Å²) in [5.74, 6) is 0.00705. The third-order valence-corrected chi connectivity index (χ3v) is 7.21. The number of fused-ring (bicyclic) bond motifs is 1. The number of nitrogens with zero attached hydrogens (tertiary/aromatic N) is 3. The lowest BCUT2D eigenvalue weighted by atomic mass is 9.81. The van der Waals surface area contributed by atoms with Gasteiger partial charge in [-0.1, -0.05) is 6.92 Å². The Hall–Kier alpha value is -1.45. The van der Waals surface area contributed by atoms with Crippen molar-refractivity contribution in [3.8, 4) is 0 Å². The second-order valence-electron chi connectivity index (χ2n) is 7.12. The highest BCUT2D eigenvalue weighted by atomic mass is 32.2. The molecule has 3 heterocycles. The molecule has 2 fully saturated rings. The number of carbonyl (C=O) groups is 1. The molecule has 8 nitrogen and oxygen atoms in total. The Morgan fingerprint density at radius 3 is 2.96 bits per heavy atom. The van der Waals surface area contributed by atoms with Gasteiger partial charge in [0.05, 0.1) is 11.2 Å². The molecule has 1 amide bonds. The molecule has 1 aromatic heterocycles. The number of sulfonamides is 1. The van der Waals surface area contributed by atoms with Gasteiger partial charge in [-0.05, 0) is 19.8 Å². The third-order valence-electron chi connectivity index (χ3n) is 5.24. The number of aromatic nitrogens is 2. The van der Waals surface area contributed by atoms with E-state index in [1.807, 2.05) is 6.92 Å². The molecule has 0 aromatic carbocycles. The van der Waals surface area contributed by atoms with E-state index in [9.17, 15) is 13.2 Å². The number of aryl methyl sites for hydroxylation is 2. The van der Waals surface area contributed by atoms with Crippen LogP contribution in [0.15, 0.2) is 11.1 Å². The second-order valence-corrected chi connectivity index (χ2v) is 9.03. The monoisotopic (exact) mass is 369 g/mol. The fourth-order valence-corrected chi connectivity index (χ4v) is 5.67. The number of nitrogens with one attached hydrogen (secondary N) is 2. The molecule has 2 aliphatic heterocycles. The van der Waals surface area contributed by atoms with Gasteiger partial charge in [0.25, 0.3) is 0 Å². The van der Waals surface area contributed by atoms with Crippen molar-refractivity contribution in [1.82, 2.24) is 24.7 Å². The molecule has 9 heteroatoms. The minimum absolute atomic E-state index is 0.0679. The Labute approximate surface area is 149 Å². The molecule has 1 aromatic rings. The summed E-state index contributed by atoms with van der Waals surface area (Å²) in [5.41, 5.74) is 0.205. The highest BCUT2D eigenvalue weighted by molar-refractivity contribution is 7.89. The van der Waals surface area contributed by atoms with Crippen LogP contribution in [-0.2, 0) is 21.4 Å². The van der Waals surface area contributed by atoms with E-state index in [1.54, 1.807) is 22.1 Å². The van der Waals surface area contributed by atoms with Crippen molar-refractivity contribution in [1.29, 1.82) is 0 Å². The van der Waals surface area contributed by atoms with E-state index in [-0.39, 0.29) is 17.4 Å². The maximum Gasteiger partial charge on any atom is 0.246 e. The summed E-state index contributed by atoms with van der Waals surface area (Å²) in [7, 11) is -3.57. The van der Waals surface area contributed by atoms with Gasteiger partial charge in [0, 0.05) is 51.8 Å². The smallest absolute Gasteiger partial charge is 0.246 e. The molecule has 2 atom stereocenters. The van der Waals surface area contributed by atoms with Crippen LogP contribution in [0.2, 0.25) is 0 Å². The van der Waals surface area contributed by atoms with Crippen molar-refractivity contribution >= 4 is 15.9 Å². The van der Waals surface area contributed by atoms with Gasteiger partial charge < -0.3 is 10.6 Å². The molecule has 0 unspecified atom stereocenters. The zero-order chi connectivity index (χ0) is 18.2. The minimum Gasteiger partial charge on any atom is -0.349 e. The summed E-state index contributed by atoms with van der Waals surface area (Å²) in [6.45, 7) is 8.20. The fourth-order valence-electron chi connectivity index (χ4n) is 4.02. The third kappa shape index (κ3) is 3.32. The number of rotatable bonds is 5. The van der Waals surface area contributed by atoms with Crippen LogP contribution in [0.25, 0.3) is 0 Å². The van der Waals surface area contributed by atoms with Crippen LogP contribution in [0.3, 0.4) is 0 Å². The Morgan fingerprint density at radius 2 is 2.28 bits per heavy atom. The summed E-state index contributed by atoms with van der Waals surface area (Å²) in [5, 5.41) is 10.7. The lowest BCUT2D eigenvalue weighted by Crippen LogP contribution is -2.61. The first kappa shape index (κ1) is 18.3. The molecule has 25 heavy (non-hydrogen) atoms. The first-order valence-corrected chi connectivity index (χ1v) is 10.3. The van der Waals surface area contributed by atoms with Gasteiger partial charge in [-0.25, -0.2) is 8.42 Å². The topological polar surface area (TPSA) is 96.3 Å². The van der Waals surface area contributed by atoms with Crippen molar-refractivity contribution in [2.75, 3.05) is 26.2 Å². The number of carbonyl (C=O) groups excluding carboxylic acids is 1. The molecule has 2 saturated heterocycles. The van der Waals surface area contributed by atoms with E-state index < -0.39 is 10.0 Å². The first-order valence-electron chi connectivity index (χ1n) is 8.82. The number of hydrogen-bond donors (Lipinski definition) is 2. The van der Waals surface area contributed by atoms with E-state index in [4.69, 9.17) is 0 Å². The molecular weight excluding hydrogens is 342 g/mol. The van der Waals surface area contributed by atoms with Crippen LogP contribution in [-0.4, -0.2) is 60.1 Å². The lowest BCUT2D eigenvalue weighted by Gasteiger charge is -2.43. The summed E-state index contributed by atoms with van der Waals surface area (Å²) in [4.78, 5) is 11.9. The van der Waals surface area contributed by atoms with Crippen LogP contribution < -0.4 is 10.6 Å². The summed E-state index contributed by atoms with van der Waals surface area (Å²) in [6, 6.07) is 0. The van der Waals surface area contributed by atoms with Crippen molar-refractivity contribution in [3.05, 3.63) is 11.9 Å². The number of hydrogen-bond acceptors (Lipinski definition) is 5. The zero-order valence-corrected chi connectivity index (χ0v) is 15.9. The molecule has 0 saturated carbocycles. The average molecular weight is 369 g/mol. The molecule has 2 N–H and O–H groups in total. The van der Waals surface area contributed by atoms with Gasteiger partial charge in [-0.3, -0.25) is 9.48 Å². The van der Waals surface area contributed by atoms with E-state index in [1.165, 1.54) is 6.92 Å². The van der Waals surface area contributed by atoms with Gasteiger partial charge in [0.2, 0.25) is 15.9 Å². The zero-order valence-electron chi connectivity index (χ0n) is 15.1. The molecular formula is C16H27N5O3S. The molecule has 140 valence electrons. The second kappa shape index (κ2) is 6.69. The molecule has 0 radical (unpaired) electrons. The quantitative estimate of drug-likeness (QED) is 0.767. The Balaban J connectivity index is 1.82. The predicted octanol–water partition coefficient (Wildman–Crippen LogP) is 0.0902. The Morgan fingerprint density at radius 1 is 1.52 bits per heavy atom. The highest BCUT2D eigenvalue weighted by Gasteiger charge is 2.49. The maximum absolute atomic E-state index is 13.1. The van der Waals surface area contributed by atoms with Gasteiger partial charge >= 0.3 is 0 Å². The summed E-state index contributed by atoms with van der Waals surface area (Å²) >= 11 is 0. The van der Waals surface area contributed by atoms with E-state index >= 15 is 0 Å². The van der Waals surface area contributed by atoms with Crippen LogP contribution in [0, 0.1) is 12.8 Å². The highest BCUT2D eigenvalue weighted by Crippen LogP contribution is 2.34. The van der Waals surface area contributed by atoms with Crippen LogP contribution in [0.1, 0.15) is 32.4 Å². The van der Waals surface area contributed by atoms with Gasteiger partial charge in [0.15, 0.2) is 0 Å². The summed E-state index contributed by atoms with van der Waals surface area (Å²) < 4.78 is 29.5. The predicted molar refractivity (Wildman–Crippen MR) is 93.5 cm³/mol. The van der Waals surface area contributed by atoms with Crippen molar-refractivity contribution in [2.24, 2.45) is 5.92 Å². The van der Waals surface area contributed by atoms with Crippen molar-refractivity contribution < 1.29 is 13.2 Å². The Bertz CT molecular complexity index is 760. The first-order chi connectivity index (χ1) is 11.8. The van der Waals surface area contributed by atoms with Crippen molar-refractivity contribution in [2.45, 2.75) is 50.6 Å². The van der Waals surface area contributed by atoms with E-state index in [2.05, 4.69) is 15.7 Å². The van der Waals surface area contributed by atoms with E-state index in [0.717, 1.165) is 6.42 Å². The number of amides is 1. The van der Waals surface area contributed by atoms with Crippen LogP contribution in [0.4, 0.5) is 0 Å². The largest absolute Gasteiger partial charge is 0.349 e. The minimum atomic E-state index is -3.57. The van der Waals surface area contributed by atoms with Gasteiger partial charge in [-0.15, -0.1) is 0 Å². The van der Waals surface area contributed by atoms with Crippen molar-refractivity contribution in [3.63, 3.8) is 0 Å². The molecule has 2 aliphatic rings. The molecule has 0 bridgehead atoms. The standard InChI is InChI=1S/C16H27N5O3S/c1-4-6-20-10-15(12(2)19-20)25(23,24)21-7-5-16(18-13(3)22)11-17-8-14(16)9-21/h10,14,17H,4-9,11H2,1-3H3,(H,18,22)/t14-,16+/m0/s1. The Kier molecular flexibility index (Phi) is 4.91. The normalized spacial score (nSPS) is 27.2. The van der Waals surface area contributed by atoms with Crippen LogP contribution in [0.5, 0.6) is 0 Å². The maximum atomic E-state index is 13.1.